The summed E-state index contributed by atoms with van der Waals surface area (Å²) >= 11 is 16.3. The van der Waals surface area contributed by atoms with E-state index in [1.807, 2.05) is 0 Å². The largest absolute Gasteiger partial charge is 0.290 e. The van der Waals surface area contributed by atoms with Crippen LogP contribution in [0.4, 0.5) is 0 Å². The zero-order valence-electron chi connectivity index (χ0n) is 5.14. The molecule has 0 amide bonds. The van der Waals surface area contributed by atoms with E-state index in [0.29, 0.717) is 0 Å². The summed E-state index contributed by atoms with van der Waals surface area (Å²) in [7, 11) is 0. The average Bonchev–Trinajstić information content (AvgIpc) is 1.85. The van der Waals surface area contributed by atoms with Gasteiger partial charge >= 0.3 is 0 Å². The SMILES string of the molecule is O=C1C=C(Cl)C(=NCl)C(Cl)=C1. The number of halogens is 3. The maximum atomic E-state index is 10.7. The van der Waals surface area contributed by atoms with E-state index in [4.69, 9.17) is 35.0 Å². The van der Waals surface area contributed by atoms with Crippen molar-refractivity contribution < 1.29 is 4.79 Å². The van der Waals surface area contributed by atoms with E-state index in [-0.39, 0.29) is 21.6 Å². The molecule has 0 aromatic rings. The zero-order chi connectivity index (χ0) is 8.43. The van der Waals surface area contributed by atoms with Gasteiger partial charge in [-0.05, 0) is 0 Å². The van der Waals surface area contributed by atoms with Gasteiger partial charge in [0.15, 0.2) is 5.78 Å². The van der Waals surface area contributed by atoms with E-state index in [0.717, 1.165) is 0 Å². The summed E-state index contributed by atoms with van der Waals surface area (Å²) < 4.78 is 3.28. The Morgan fingerprint density at radius 3 is 2.00 bits per heavy atom. The van der Waals surface area contributed by atoms with E-state index in [2.05, 4.69) is 4.51 Å². The molecule has 0 aliphatic heterocycles. The van der Waals surface area contributed by atoms with Crippen LogP contribution in [0.3, 0.4) is 0 Å². The van der Waals surface area contributed by atoms with Crippen molar-refractivity contribution in [2.75, 3.05) is 0 Å². The molecule has 0 fully saturated rings. The molecular formula is C6H2Cl3NO. The first-order chi connectivity index (χ1) is 5.15. The van der Waals surface area contributed by atoms with E-state index in [9.17, 15) is 4.79 Å². The molecule has 0 atom stereocenters. The van der Waals surface area contributed by atoms with Crippen molar-refractivity contribution in [3.8, 4) is 0 Å². The summed E-state index contributed by atoms with van der Waals surface area (Å²) in [4.78, 5) is 10.7. The lowest BCUT2D eigenvalue weighted by Crippen LogP contribution is -2.07. The van der Waals surface area contributed by atoms with Crippen LogP contribution < -0.4 is 0 Å². The van der Waals surface area contributed by atoms with Gasteiger partial charge in [-0.25, -0.2) is 0 Å². The second-order valence-corrected chi connectivity index (χ2v) is 2.80. The van der Waals surface area contributed by atoms with Crippen LogP contribution in [-0.4, -0.2) is 11.5 Å². The van der Waals surface area contributed by atoms with Crippen LogP contribution in [0.25, 0.3) is 0 Å². The lowest BCUT2D eigenvalue weighted by Gasteiger charge is -2.04. The third-order valence-corrected chi connectivity index (χ3v) is 1.82. The zero-order valence-corrected chi connectivity index (χ0v) is 7.41. The summed E-state index contributed by atoms with van der Waals surface area (Å²) in [5, 5.41) is 0.329. The molecule has 5 heteroatoms. The van der Waals surface area contributed by atoms with Crippen LogP contribution in [0.15, 0.2) is 26.7 Å². The van der Waals surface area contributed by atoms with Gasteiger partial charge in [-0.3, -0.25) is 4.79 Å². The molecule has 1 rings (SSSR count). The number of hydrogen-bond donors (Lipinski definition) is 0. The third kappa shape index (κ3) is 1.83. The molecule has 2 nitrogen and oxygen atoms in total. The highest BCUT2D eigenvalue weighted by Gasteiger charge is 2.16. The molecule has 0 N–H and O–H groups in total. The Labute approximate surface area is 78.3 Å². The number of ketones is 1. The average molecular weight is 210 g/mol. The Balaban J connectivity index is 3.11. The van der Waals surface area contributed by atoms with Gasteiger partial charge in [-0.1, -0.05) is 23.2 Å². The predicted molar refractivity (Wildman–Crippen MR) is 46.2 cm³/mol. The first kappa shape index (κ1) is 8.78. The Morgan fingerprint density at radius 1 is 1.18 bits per heavy atom. The van der Waals surface area contributed by atoms with Gasteiger partial charge in [0.1, 0.15) is 5.71 Å². The van der Waals surface area contributed by atoms with Crippen molar-refractivity contribution >= 4 is 46.5 Å². The minimum Gasteiger partial charge on any atom is -0.290 e. The molecular weight excluding hydrogens is 208 g/mol. The predicted octanol–water partition coefficient (Wildman–Crippen LogP) is 2.41. The van der Waals surface area contributed by atoms with Gasteiger partial charge in [0.05, 0.1) is 10.1 Å². The molecule has 0 heterocycles. The molecule has 1 aliphatic carbocycles. The van der Waals surface area contributed by atoms with Crippen molar-refractivity contribution in [2.24, 2.45) is 4.51 Å². The molecule has 0 spiro atoms. The molecule has 0 aromatic heterocycles. The van der Waals surface area contributed by atoms with Crippen LogP contribution in [0.1, 0.15) is 0 Å². The highest BCUT2D eigenvalue weighted by Crippen LogP contribution is 2.20. The summed E-state index contributed by atoms with van der Waals surface area (Å²) in [6.07, 6.45) is 2.41. The lowest BCUT2D eigenvalue weighted by molar-refractivity contribution is -0.110. The Kier molecular flexibility index (Phi) is 2.71. The monoisotopic (exact) mass is 209 g/mol. The van der Waals surface area contributed by atoms with Gasteiger partial charge in [0.25, 0.3) is 0 Å². The molecule has 11 heavy (non-hydrogen) atoms. The Bertz CT molecular complexity index is 266. The number of hydrogen-bond acceptors (Lipinski definition) is 2. The molecule has 58 valence electrons. The van der Waals surface area contributed by atoms with Crippen LogP contribution in [0, 0.1) is 0 Å². The van der Waals surface area contributed by atoms with Gasteiger partial charge in [-0.2, -0.15) is 4.51 Å². The molecule has 0 radical (unpaired) electrons. The number of carbonyl (C=O) groups excluding carboxylic acids is 1. The normalized spacial score (nSPS) is 17.7. The highest BCUT2D eigenvalue weighted by molar-refractivity contribution is 6.59. The first-order valence-corrected chi connectivity index (χ1v) is 3.72. The topological polar surface area (TPSA) is 29.4 Å². The van der Waals surface area contributed by atoms with Crippen molar-refractivity contribution in [1.82, 2.24) is 0 Å². The van der Waals surface area contributed by atoms with Crippen LogP contribution in [0.5, 0.6) is 0 Å². The highest BCUT2D eigenvalue weighted by atomic mass is 35.5. The van der Waals surface area contributed by atoms with Gasteiger partial charge in [0, 0.05) is 23.9 Å². The van der Waals surface area contributed by atoms with Crippen LogP contribution >= 0.6 is 35.0 Å². The fourth-order valence-corrected chi connectivity index (χ4v) is 1.44. The third-order valence-electron chi connectivity index (χ3n) is 1.07. The summed E-state index contributed by atoms with van der Waals surface area (Å²) in [5.74, 6) is -0.260. The van der Waals surface area contributed by atoms with E-state index >= 15 is 0 Å². The summed E-state index contributed by atoms with van der Waals surface area (Å²) in [5.41, 5.74) is 0.231. The standard InChI is InChI=1S/C6H2Cl3NO/c7-4-1-3(11)2-5(8)6(4)10-9/h1-2H. The molecule has 1 aliphatic rings. The Hall–Kier alpha value is -0.310. The summed E-state index contributed by atoms with van der Waals surface area (Å²) in [6, 6.07) is 0. The maximum absolute atomic E-state index is 10.7. The number of allylic oxidation sites excluding steroid dienone is 4. The second-order valence-electron chi connectivity index (χ2n) is 1.82. The molecule has 0 aromatic carbocycles. The van der Waals surface area contributed by atoms with E-state index in [1.165, 1.54) is 12.2 Å². The quantitative estimate of drug-likeness (QED) is 0.565. The van der Waals surface area contributed by atoms with Crippen molar-refractivity contribution in [3.05, 3.63) is 22.2 Å². The molecule has 0 bridgehead atoms. The molecule has 0 saturated carbocycles. The maximum Gasteiger partial charge on any atom is 0.181 e. The summed E-state index contributed by atoms with van der Waals surface area (Å²) in [6.45, 7) is 0. The van der Waals surface area contributed by atoms with Crippen molar-refractivity contribution in [1.29, 1.82) is 0 Å². The van der Waals surface area contributed by atoms with Gasteiger partial charge < -0.3 is 0 Å². The molecule has 0 unspecified atom stereocenters. The minimum absolute atomic E-state index is 0.164. The fraction of sp³-hybridized carbons (Fsp3) is 0. The van der Waals surface area contributed by atoms with Crippen molar-refractivity contribution in [2.45, 2.75) is 0 Å². The van der Waals surface area contributed by atoms with E-state index < -0.39 is 0 Å². The van der Waals surface area contributed by atoms with Crippen LogP contribution in [0.2, 0.25) is 0 Å². The van der Waals surface area contributed by atoms with Crippen molar-refractivity contribution in [3.63, 3.8) is 0 Å². The number of carbonyl (C=O) groups is 1. The molecule has 0 saturated heterocycles. The number of rotatable bonds is 0. The minimum atomic E-state index is -0.260. The Morgan fingerprint density at radius 2 is 1.64 bits per heavy atom. The van der Waals surface area contributed by atoms with Gasteiger partial charge in [-0.15, -0.1) is 0 Å². The lowest BCUT2D eigenvalue weighted by atomic mass is 10.1. The van der Waals surface area contributed by atoms with Gasteiger partial charge in [0.2, 0.25) is 0 Å². The van der Waals surface area contributed by atoms with E-state index in [1.54, 1.807) is 0 Å². The number of nitrogens with zero attached hydrogens (tertiary/aromatic N) is 1. The van der Waals surface area contributed by atoms with Crippen LogP contribution in [-0.2, 0) is 4.79 Å². The smallest absolute Gasteiger partial charge is 0.181 e. The second kappa shape index (κ2) is 3.39. The first-order valence-electron chi connectivity index (χ1n) is 2.63. The fourth-order valence-electron chi connectivity index (χ4n) is 0.623.